The van der Waals surface area contributed by atoms with Crippen molar-refractivity contribution in [2.24, 2.45) is 0 Å². The van der Waals surface area contributed by atoms with Gasteiger partial charge in [-0.3, -0.25) is 4.79 Å². The van der Waals surface area contributed by atoms with Crippen LogP contribution in [-0.4, -0.2) is 58.0 Å². The predicted molar refractivity (Wildman–Crippen MR) is 117 cm³/mol. The number of nitrogens with zero attached hydrogens (tertiary/aromatic N) is 2. The molecule has 2 saturated heterocycles. The predicted octanol–water partition coefficient (Wildman–Crippen LogP) is 2.87. The summed E-state index contributed by atoms with van der Waals surface area (Å²) in [6, 6.07) is 12.1. The molecule has 2 heterocycles. The van der Waals surface area contributed by atoms with Crippen molar-refractivity contribution in [3.8, 4) is 0 Å². The smallest absolute Gasteiger partial charge is 0.255 e. The summed E-state index contributed by atoms with van der Waals surface area (Å²) in [4.78, 5) is 15.3. The van der Waals surface area contributed by atoms with Crippen molar-refractivity contribution in [3.05, 3.63) is 53.6 Å². The molecule has 2 aliphatic heterocycles. The number of carbonyl (C=O) groups excluding carboxylic acids is 1. The van der Waals surface area contributed by atoms with Crippen molar-refractivity contribution >= 4 is 27.3 Å². The van der Waals surface area contributed by atoms with Crippen LogP contribution >= 0.6 is 0 Å². The van der Waals surface area contributed by atoms with E-state index in [9.17, 15) is 13.2 Å². The van der Waals surface area contributed by atoms with Crippen molar-refractivity contribution < 1.29 is 17.9 Å². The monoisotopic (exact) mass is 429 g/mol. The molecular weight excluding hydrogens is 402 g/mol. The molecule has 0 bridgehead atoms. The molecule has 1 N–H and O–H groups in total. The maximum Gasteiger partial charge on any atom is 0.255 e. The van der Waals surface area contributed by atoms with Gasteiger partial charge in [0.15, 0.2) is 0 Å². The summed E-state index contributed by atoms with van der Waals surface area (Å²) in [5, 5.41) is 2.89. The first kappa shape index (κ1) is 20.8. The lowest BCUT2D eigenvalue weighted by Gasteiger charge is -2.26. The van der Waals surface area contributed by atoms with Crippen LogP contribution in [0.3, 0.4) is 0 Å². The Balaban J connectivity index is 1.50. The first-order valence-electron chi connectivity index (χ1n) is 10.3. The lowest BCUT2D eigenvalue weighted by Crippen LogP contribution is -2.40. The summed E-state index contributed by atoms with van der Waals surface area (Å²) in [7, 11) is -3.64. The molecule has 2 aromatic rings. The molecule has 30 heavy (non-hydrogen) atoms. The molecule has 160 valence electrons. The maximum atomic E-state index is 12.9. The fraction of sp³-hybridized carbons (Fsp3) is 0.409. The van der Waals surface area contributed by atoms with E-state index in [1.807, 2.05) is 25.1 Å². The average Bonchev–Trinajstić information content (AvgIpc) is 3.29. The first-order chi connectivity index (χ1) is 14.4. The van der Waals surface area contributed by atoms with Crippen LogP contribution in [0.2, 0.25) is 0 Å². The minimum atomic E-state index is -3.64. The van der Waals surface area contributed by atoms with Crippen molar-refractivity contribution in [3.63, 3.8) is 0 Å². The highest BCUT2D eigenvalue weighted by Gasteiger charge is 2.27. The molecule has 0 radical (unpaired) electrons. The van der Waals surface area contributed by atoms with Crippen LogP contribution in [0.25, 0.3) is 0 Å². The van der Waals surface area contributed by atoms with Gasteiger partial charge in [0.25, 0.3) is 5.91 Å². The zero-order valence-corrected chi connectivity index (χ0v) is 18.0. The molecular formula is C22H27N3O4S. The molecule has 2 fully saturated rings. The largest absolute Gasteiger partial charge is 0.379 e. The highest BCUT2D eigenvalue weighted by atomic mass is 32.2. The number of carbonyl (C=O) groups is 1. The Hall–Kier alpha value is -2.42. The second-order valence-electron chi connectivity index (χ2n) is 7.69. The van der Waals surface area contributed by atoms with Gasteiger partial charge in [0.2, 0.25) is 10.0 Å². The van der Waals surface area contributed by atoms with Gasteiger partial charge in [-0.25, -0.2) is 8.42 Å². The Labute approximate surface area is 177 Å². The van der Waals surface area contributed by atoms with E-state index in [4.69, 9.17) is 4.74 Å². The van der Waals surface area contributed by atoms with Crippen LogP contribution in [0.1, 0.15) is 28.8 Å². The molecule has 0 saturated carbocycles. The lowest BCUT2D eigenvalue weighted by atomic mass is 10.1. The Bertz CT molecular complexity index is 1030. The SMILES string of the molecule is Cc1cc(NC(=O)c2cccc(S(=O)(=O)N3CCOCC3)c2)ccc1N1CCCC1. The molecule has 0 unspecified atom stereocenters. The molecule has 0 spiro atoms. The lowest BCUT2D eigenvalue weighted by molar-refractivity contribution is 0.0730. The number of hydrogen-bond donors (Lipinski definition) is 1. The summed E-state index contributed by atoms with van der Waals surface area (Å²) >= 11 is 0. The van der Waals surface area contributed by atoms with E-state index in [0.717, 1.165) is 18.7 Å². The third-order valence-corrected chi connectivity index (χ3v) is 7.50. The fourth-order valence-corrected chi connectivity index (χ4v) is 5.44. The third-order valence-electron chi connectivity index (χ3n) is 5.61. The number of morpholine rings is 1. The van der Waals surface area contributed by atoms with Crippen LogP contribution < -0.4 is 10.2 Å². The average molecular weight is 430 g/mol. The van der Waals surface area contributed by atoms with Crippen molar-refractivity contribution in [2.75, 3.05) is 49.6 Å². The van der Waals surface area contributed by atoms with Crippen LogP contribution in [0.5, 0.6) is 0 Å². The number of aryl methyl sites for hydroxylation is 1. The molecule has 4 rings (SSSR count). The van der Waals surface area contributed by atoms with E-state index in [-0.39, 0.29) is 10.8 Å². The molecule has 2 aromatic carbocycles. The van der Waals surface area contributed by atoms with Crippen LogP contribution in [0, 0.1) is 6.92 Å². The van der Waals surface area contributed by atoms with E-state index < -0.39 is 10.0 Å². The minimum absolute atomic E-state index is 0.123. The first-order valence-corrected chi connectivity index (χ1v) is 11.7. The Morgan fingerprint density at radius 2 is 1.73 bits per heavy atom. The summed E-state index contributed by atoms with van der Waals surface area (Å²) in [6.45, 7) is 5.58. The topological polar surface area (TPSA) is 79.0 Å². The fourth-order valence-electron chi connectivity index (χ4n) is 3.98. The van der Waals surface area contributed by atoms with E-state index in [0.29, 0.717) is 37.6 Å². The minimum Gasteiger partial charge on any atom is -0.379 e. The number of amides is 1. The van der Waals surface area contributed by atoms with Gasteiger partial charge in [-0.2, -0.15) is 4.31 Å². The van der Waals surface area contributed by atoms with Crippen molar-refractivity contribution in [2.45, 2.75) is 24.7 Å². The zero-order chi connectivity index (χ0) is 21.1. The summed E-state index contributed by atoms with van der Waals surface area (Å²) in [5.41, 5.74) is 3.31. The number of hydrogen-bond acceptors (Lipinski definition) is 5. The van der Waals surface area contributed by atoms with Gasteiger partial charge in [-0.15, -0.1) is 0 Å². The van der Waals surface area contributed by atoms with E-state index in [1.54, 1.807) is 12.1 Å². The molecule has 8 heteroatoms. The van der Waals surface area contributed by atoms with Crippen molar-refractivity contribution in [1.29, 1.82) is 0 Å². The maximum absolute atomic E-state index is 12.9. The van der Waals surface area contributed by atoms with E-state index >= 15 is 0 Å². The molecule has 0 aromatic heterocycles. The number of rotatable bonds is 5. The quantitative estimate of drug-likeness (QED) is 0.791. The Kier molecular flexibility index (Phi) is 6.08. The Morgan fingerprint density at radius 3 is 2.43 bits per heavy atom. The number of anilines is 2. The van der Waals surface area contributed by atoms with Crippen LogP contribution in [-0.2, 0) is 14.8 Å². The number of sulfonamides is 1. The standard InChI is InChI=1S/C22H27N3O4S/c1-17-15-19(7-8-21(17)24-9-2-3-10-24)23-22(26)18-5-4-6-20(16-18)30(27,28)25-11-13-29-14-12-25/h4-8,15-16H,2-3,9-14H2,1H3,(H,23,26). The Morgan fingerprint density at radius 1 is 1.00 bits per heavy atom. The van der Waals surface area contributed by atoms with Gasteiger partial charge < -0.3 is 15.0 Å². The van der Waals surface area contributed by atoms with Gasteiger partial charge in [0.1, 0.15) is 0 Å². The van der Waals surface area contributed by atoms with E-state index in [1.165, 1.54) is 35.0 Å². The van der Waals surface area contributed by atoms with Gasteiger partial charge in [0.05, 0.1) is 18.1 Å². The number of ether oxygens (including phenoxy) is 1. The third kappa shape index (κ3) is 4.35. The van der Waals surface area contributed by atoms with Gasteiger partial charge in [-0.05, 0) is 61.7 Å². The normalized spacial score (nSPS) is 17.8. The second-order valence-corrected chi connectivity index (χ2v) is 9.63. The summed E-state index contributed by atoms with van der Waals surface area (Å²) < 4.78 is 32.4. The summed E-state index contributed by atoms with van der Waals surface area (Å²) in [5.74, 6) is -0.331. The number of nitrogens with one attached hydrogen (secondary N) is 1. The summed E-state index contributed by atoms with van der Waals surface area (Å²) in [6.07, 6.45) is 2.42. The molecule has 7 nitrogen and oxygen atoms in total. The number of benzene rings is 2. The van der Waals surface area contributed by atoms with E-state index in [2.05, 4.69) is 10.2 Å². The second kappa shape index (κ2) is 8.75. The van der Waals surface area contributed by atoms with Crippen LogP contribution in [0.4, 0.5) is 11.4 Å². The van der Waals surface area contributed by atoms with Gasteiger partial charge >= 0.3 is 0 Å². The highest BCUT2D eigenvalue weighted by Crippen LogP contribution is 2.27. The highest BCUT2D eigenvalue weighted by molar-refractivity contribution is 7.89. The van der Waals surface area contributed by atoms with Gasteiger partial charge in [0, 0.05) is 43.1 Å². The molecule has 2 aliphatic rings. The molecule has 1 amide bonds. The van der Waals surface area contributed by atoms with Crippen molar-refractivity contribution in [1.82, 2.24) is 4.31 Å². The molecule has 0 aliphatic carbocycles. The zero-order valence-electron chi connectivity index (χ0n) is 17.1. The van der Waals surface area contributed by atoms with Crippen LogP contribution in [0.15, 0.2) is 47.4 Å². The van der Waals surface area contributed by atoms with Gasteiger partial charge in [-0.1, -0.05) is 6.07 Å². The molecule has 0 atom stereocenters.